The first-order chi connectivity index (χ1) is 20.1. The third-order valence-electron chi connectivity index (χ3n) is 6.25. The first-order valence-electron chi connectivity index (χ1n) is 12.9. The molecule has 0 bridgehead atoms. The van der Waals surface area contributed by atoms with Gasteiger partial charge >= 0.3 is 5.97 Å². The lowest BCUT2D eigenvalue weighted by Gasteiger charge is -2.22. The number of carbonyl (C=O) groups excluding carboxylic acids is 2. The molecule has 2 N–H and O–H groups in total. The molecule has 218 valence electrons. The Morgan fingerprint density at radius 3 is 1.93 bits per heavy atom. The number of sulfonamides is 1. The monoisotopic (exact) mass is 612 g/mol. The van der Waals surface area contributed by atoms with Crippen LogP contribution in [0.15, 0.2) is 108 Å². The number of carbonyl (C=O) groups is 2. The lowest BCUT2D eigenvalue weighted by atomic mass is 10.1. The maximum Gasteiger partial charge on any atom is 0.329 e. The van der Waals surface area contributed by atoms with E-state index in [4.69, 9.17) is 16.3 Å². The number of amides is 1. The number of hydrogen-bond donors (Lipinski definition) is 2. The predicted octanol–water partition coefficient (Wildman–Crippen LogP) is 5.09. The fourth-order valence-corrected chi connectivity index (χ4v) is 5.72. The summed E-state index contributed by atoms with van der Waals surface area (Å²) in [6.45, 7) is -0.448. The van der Waals surface area contributed by atoms with Gasteiger partial charge in [-0.3, -0.25) is 4.79 Å². The number of rotatable bonds is 12. The van der Waals surface area contributed by atoms with Gasteiger partial charge in [-0.15, -0.1) is 0 Å². The summed E-state index contributed by atoms with van der Waals surface area (Å²) in [5.74, 6) is -3.72. The zero-order chi connectivity index (χ0) is 30.1. The highest BCUT2D eigenvalue weighted by molar-refractivity contribution is 7.89. The number of halogens is 3. The standard InChI is InChI=1S/C31H27ClF2N2O5S/c32-25-18-29(27(34)19-26(25)33)42(39,40)36-24(16-21-10-4-1-5-11-21)20-41-31(38)28(17-22-12-6-2-7-13-22)35-30(37)23-14-8-3-9-15-23/h1-15,18-19,24,28,36H,16-17,20H2,(H,35,37)/t24-,28-/m1/s1. The fourth-order valence-electron chi connectivity index (χ4n) is 4.18. The highest BCUT2D eigenvalue weighted by Gasteiger charge is 2.28. The van der Waals surface area contributed by atoms with E-state index in [1.165, 1.54) is 0 Å². The minimum absolute atomic E-state index is 0.0730. The second kappa shape index (κ2) is 14.2. The van der Waals surface area contributed by atoms with E-state index in [-0.39, 0.29) is 12.8 Å². The van der Waals surface area contributed by atoms with E-state index in [9.17, 15) is 26.8 Å². The van der Waals surface area contributed by atoms with Gasteiger partial charge in [-0.1, -0.05) is 90.5 Å². The summed E-state index contributed by atoms with van der Waals surface area (Å²) >= 11 is 5.71. The highest BCUT2D eigenvalue weighted by Crippen LogP contribution is 2.23. The molecule has 11 heteroatoms. The maximum absolute atomic E-state index is 14.4. The van der Waals surface area contributed by atoms with Gasteiger partial charge in [-0.2, -0.15) is 0 Å². The van der Waals surface area contributed by atoms with E-state index in [0.717, 1.165) is 5.56 Å². The number of esters is 1. The lowest BCUT2D eigenvalue weighted by molar-refractivity contribution is -0.146. The predicted molar refractivity (Wildman–Crippen MR) is 154 cm³/mol. The molecule has 2 atom stereocenters. The molecule has 4 aromatic rings. The van der Waals surface area contributed by atoms with Crippen molar-refractivity contribution >= 4 is 33.5 Å². The Balaban J connectivity index is 1.55. The van der Waals surface area contributed by atoms with Crippen LogP contribution in [0.1, 0.15) is 21.5 Å². The molecule has 1 amide bonds. The molecule has 0 aliphatic rings. The quantitative estimate of drug-likeness (QED) is 0.171. The van der Waals surface area contributed by atoms with Crippen LogP contribution in [0.25, 0.3) is 0 Å². The zero-order valence-electron chi connectivity index (χ0n) is 22.2. The molecule has 0 fully saturated rings. The van der Waals surface area contributed by atoms with Crippen molar-refractivity contribution in [1.29, 1.82) is 0 Å². The van der Waals surface area contributed by atoms with Crippen molar-refractivity contribution in [3.63, 3.8) is 0 Å². The second-order valence-electron chi connectivity index (χ2n) is 9.42. The van der Waals surface area contributed by atoms with Gasteiger partial charge in [0.25, 0.3) is 5.91 Å². The van der Waals surface area contributed by atoms with Crippen LogP contribution in [0, 0.1) is 11.6 Å². The molecule has 0 radical (unpaired) electrons. The van der Waals surface area contributed by atoms with Crippen LogP contribution in [0.5, 0.6) is 0 Å². The zero-order valence-corrected chi connectivity index (χ0v) is 23.7. The average molecular weight is 613 g/mol. The lowest BCUT2D eigenvalue weighted by Crippen LogP contribution is -2.46. The van der Waals surface area contributed by atoms with Gasteiger partial charge < -0.3 is 10.1 Å². The van der Waals surface area contributed by atoms with Crippen LogP contribution in [-0.2, 0) is 32.4 Å². The first-order valence-corrected chi connectivity index (χ1v) is 14.8. The fraction of sp³-hybridized carbons (Fsp3) is 0.161. The second-order valence-corrected chi connectivity index (χ2v) is 11.5. The summed E-state index contributed by atoms with van der Waals surface area (Å²) in [6.07, 6.45) is 0.191. The van der Waals surface area contributed by atoms with E-state index in [1.54, 1.807) is 84.9 Å². The molecule has 4 rings (SSSR count). The molecule has 0 aromatic heterocycles. The number of benzene rings is 4. The van der Waals surface area contributed by atoms with Crippen molar-refractivity contribution < 1.29 is 31.5 Å². The highest BCUT2D eigenvalue weighted by atomic mass is 35.5. The summed E-state index contributed by atoms with van der Waals surface area (Å²) in [7, 11) is -4.56. The molecule has 0 aliphatic carbocycles. The van der Waals surface area contributed by atoms with Crippen molar-refractivity contribution in [1.82, 2.24) is 10.0 Å². The van der Waals surface area contributed by atoms with E-state index in [2.05, 4.69) is 10.0 Å². The Morgan fingerprint density at radius 2 is 1.33 bits per heavy atom. The minimum atomic E-state index is -4.56. The molecular weight excluding hydrogens is 586 g/mol. The van der Waals surface area contributed by atoms with Gasteiger partial charge in [0, 0.05) is 18.1 Å². The van der Waals surface area contributed by atoms with Crippen molar-refractivity contribution in [3.8, 4) is 0 Å². The molecular formula is C31H27ClF2N2O5S. The average Bonchev–Trinajstić information content (AvgIpc) is 2.98. The van der Waals surface area contributed by atoms with Crippen molar-refractivity contribution in [3.05, 3.63) is 136 Å². The van der Waals surface area contributed by atoms with E-state index in [1.807, 2.05) is 6.07 Å². The van der Waals surface area contributed by atoms with Crippen LogP contribution in [0.4, 0.5) is 8.78 Å². The van der Waals surface area contributed by atoms with Crippen LogP contribution in [-0.4, -0.2) is 39.0 Å². The first kappa shape index (κ1) is 30.8. The summed E-state index contributed by atoms with van der Waals surface area (Å²) in [5, 5.41) is 2.13. The molecule has 0 unspecified atom stereocenters. The molecule has 4 aromatic carbocycles. The molecule has 0 saturated heterocycles. The third-order valence-corrected chi connectivity index (χ3v) is 8.07. The normalized spacial score (nSPS) is 12.7. The molecule has 0 aliphatic heterocycles. The van der Waals surface area contributed by atoms with Crippen LogP contribution >= 0.6 is 11.6 Å². The summed E-state index contributed by atoms with van der Waals surface area (Å²) in [5.41, 5.74) is 1.81. The molecule has 42 heavy (non-hydrogen) atoms. The van der Waals surface area contributed by atoms with E-state index >= 15 is 0 Å². The molecule has 0 heterocycles. The Bertz CT molecular complexity index is 1630. The molecule has 0 spiro atoms. The maximum atomic E-state index is 14.4. The van der Waals surface area contributed by atoms with Gasteiger partial charge in [-0.05, 0) is 35.7 Å². The molecule has 7 nitrogen and oxygen atoms in total. The molecule has 0 saturated carbocycles. The topological polar surface area (TPSA) is 102 Å². The number of hydrogen-bond acceptors (Lipinski definition) is 5. The Hall–Kier alpha value is -4.12. The Labute approximate surface area is 247 Å². The Kier molecular flexibility index (Phi) is 10.4. The van der Waals surface area contributed by atoms with Gasteiger partial charge in [0.05, 0.1) is 11.1 Å². The van der Waals surface area contributed by atoms with Gasteiger partial charge in [0.1, 0.15) is 29.2 Å². The van der Waals surface area contributed by atoms with Crippen molar-refractivity contribution in [2.24, 2.45) is 0 Å². The SMILES string of the molecule is O=C(N[C@H](Cc1ccccc1)C(=O)OC[C@@H](Cc1ccccc1)NS(=O)(=O)c1cc(Cl)c(F)cc1F)c1ccccc1. The smallest absolute Gasteiger partial charge is 0.329 e. The van der Waals surface area contributed by atoms with Crippen molar-refractivity contribution in [2.75, 3.05) is 6.61 Å². The summed E-state index contributed by atoms with van der Waals surface area (Å²) in [6, 6.07) is 25.0. The summed E-state index contributed by atoms with van der Waals surface area (Å²) < 4.78 is 62.2. The number of nitrogens with one attached hydrogen (secondary N) is 2. The third kappa shape index (κ3) is 8.45. The van der Waals surface area contributed by atoms with Crippen LogP contribution in [0.3, 0.4) is 0 Å². The minimum Gasteiger partial charge on any atom is -0.462 e. The van der Waals surface area contributed by atoms with Gasteiger partial charge in [0.15, 0.2) is 0 Å². The largest absolute Gasteiger partial charge is 0.462 e. The van der Waals surface area contributed by atoms with Crippen LogP contribution < -0.4 is 10.0 Å². The van der Waals surface area contributed by atoms with E-state index in [0.29, 0.717) is 23.3 Å². The van der Waals surface area contributed by atoms with Crippen LogP contribution in [0.2, 0.25) is 5.02 Å². The summed E-state index contributed by atoms with van der Waals surface area (Å²) in [4.78, 5) is 25.3. The number of ether oxygens (including phenoxy) is 1. The van der Waals surface area contributed by atoms with E-state index < -0.39 is 62.1 Å². The van der Waals surface area contributed by atoms with Crippen molar-refractivity contribution in [2.45, 2.75) is 29.8 Å². The van der Waals surface area contributed by atoms with Gasteiger partial charge in [-0.25, -0.2) is 26.7 Å². The van der Waals surface area contributed by atoms with Gasteiger partial charge in [0.2, 0.25) is 10.0 Å². The Morgan fingerprint density at radius 1 is 0.786 bits per heavy atom.